The molecule has 1 aliphatic heterocycles. The van der Waals surface area contributed by atoms with Crippen LogP contribution in [0.5, 0.6) is 5.75 Å². The van der Waals surface area contributed by atoms with E-state index in [4.69, 9.17) is 15.2 Å². The summed E-state index contributed by atoms with van der Waals surface area (Å²) < 4.78 is 24.1. The van der Waals surface area contributed by atoms with Crippen LogP contribution in [0.25, 0.3) is 0 Å². The van der Waals surface area contributed by atoms with Gasteiger partial charge >= 0.3 is 0 Å². The highest BCUT2D eigenvalue weighted by Gasteiger charge is 2.35. The Balaban J connectivity index is 0.00000243. The lowest BCUT2D eigenvalue weighted by molar-refractivity contribution is -0.124. The maximum atomic E-state index is 13.2. The quantitative estimate of drug-likeness (QED) is 0.834. The summed E-state index contributed by atoms with van der Waals surface area (Å²) in [4.78, 5) is 12.4. The van der Waals surface area contributed by atoms with Crippen molar-refractivity contribution < 1.29 is 18.7 Å². The summed E-state index contributed by atoms with van der Waals surface area (Å²) in [6, 6.07) is 13.3. The number of carbonyl (C=O) groups excluding carboxylic acids is 1. The first-order valence-electron chi connectivity index (χ1n) is 8.21. The Labute approximate surface area is 158 Å². The smallest absolute Gasteiger partial charge is 0.244 e. The summed E-state index contributed by atoms with van der Waals surface area (Å²) >= 11 is 0. The highest BCUT2D eigenvalue weighted by Crippen LogP contribution is 2.23. The van der Waals surface area contributed by atoms with Crippen molar-refractivity contribution in [3.63, 3.8) is 0 Å². The molecule has 2 aromatic rings. The molecule has 1 amide bonds. The number of halogens is 2. The zero-order valence-electron chi connectivity index (χ0n) is 14.2. The van der Waals surface area contributed by atoms with Gasteiger partial charge < -0.3 is 20.5 Å². The summed E-state index contributed by atoms with van der Waals surface area (Å²) in [6.07, 6.45) is 0.989. The van der Waals surface area contributed by atoms with Gasteiger partial charge in [0.15, 0.2) is 0 Å². The SMILES string of the molecule is Cl.NC1(C(=O)Nc2cccc(OCc3cccc(F)c3)c2)CCOCC1. The predicted octanol–water partition coefficient (Wildman–Crippen LogP) is 3.27. The Kier molecular flexibility index (Phi) is 6.97. The average Bonchev–Trinajstić information content (AvgIpc) is 2.61. The van der Waals surface area contributed by atoms with Crippen LogP contribution in [0.1, 0.15) is 18.4 Å². The normalized spacial score (nSPS) is 15.6. The Bertz CT molecular complexity index is 751. The van der Waals surface area contributed by atoms with Gasteiger partial charge in [-0.3, -0.25) is 4.79 Å². The molecule has 140 valence electrons. The number of carbonyl (C=O) groups is 1. The lowest BCUT2D eigenvalue weighted by atomic mass is 9.90. The van der Waals surface area contributed by atoms with Crippen LogP contribution in [0, 0.1) is 5.82 Å². The average molecular weight is 381 g/mol. The minimum absolute atomic E-state index is 0. The van der Waals surface area contributed by atoms with Gasteiger partial charge in [0.05, 0.1) is 0 Å². The second-order valence-electron chi connectivity index (χ2n) is 6.17. The molecular formula is C19H22ClFN2O3. The summed E-state index contributed by atoms with van der Waals surface area (Å²) in [5, 5.41) is 2.84. The lowest BCUT2D eigenvalue weighted by Crippen LogP contribution is -2.54. The van der Waals surface area contributed by atoms with Crippen molar-refractivity contribution in [2.45, 2.75) is 25.0 Å². The highest BCUT2D eigenvalue weighted by atomic mass is 35.5. The van der Waals surface area contributed by atoms with E-state index in [1.54, 1.807) is 36.4 Å². The van der Waals surface area contributed by atoms with E-state index in [1.165, 1.54) is 12.1 Å². The predicted molar refractivity (Wildman–Crippen MR) is 100 cm³/mol. The molecule has 26 heavy (non-hydrogen) atoms. The van der Waals surface area contributed by atoms with Crippen LogP contribution in [0.4, 0.5) is 10.1 Å². The topological polar surface area (TPSA) is 73.6 Å². The van der Waals surface area contributed by atoms with E-state index >= 15 is 0 Å². The third-order valence-corrected chi connectivity index (χ3v) is 4.22. The molecule has 1 aliphatic rings. The lowest BCUT2D eigenvalue weighted by Gasteiger charge is -2.31. The summed E-state index contributed by atoms with van der Waals surface area (Å²) in [7, 11) is 0. The van der Waals surface area contributed by atoms with Gasteiger partial charge in [-0.05, 0) is 42.7 Å². The zero-order valence-corrected chi connectivity index (χ0v) is 15.1. The Hall–Kier alpha value is -2.15. The molecule has 1 saturated heterocycles. The van der Waals surface area contributed by atoms with Crippen LogP contribution in [0.15, 0.2) is 48.5 Å². The monoisotopic (exact) mass is 380 g/mol. The summed E-state index contributed by atoms with van der Waals surface area (Å²) in [6.45, 7) is 1.22. The molecule has 0 radical (unpaired) electrons. The number of nitrogens with two attached hydrogens (primary N) is 1. The largest absolute Gasteiger partial charge is 0.489 e. The van der Waals surface area contributed by atoms with Crippen LogP contribution in [0.3, 0.4) is 0 Å². The summed E-state index contributed by atoms with van der Waals surface area (Å²) in [5.74, 6) is 0.0602. The molecule has 2 aromatic carbocycles. The number of benzene rings is 2. The number of anilines is 1. The minimum atomic E-state index is -0.906. The molecule has 5 nitrogen and oxygen atoms in total. The van der Waals surface area contributed by atoms with E-state index in [1.807, 2.05) is 0 Å². The van der Waals surface area contributed by atoms with Gasteiger partial charge in [-0.2, -0.15) is 0 Å². The van der Waals surface area contributed by atoms with Crippen molar-refractivity contribution in [3.05, 3.63) is 59.9 Å². The van der Waals surface area contributed by atoms with Crippen LogP contribution in [0.2, 0.25) is 0 Å². The molecule has 3 N–H and O–H groups in total. The second-order valence-corrected chi connectivity index (χ2v) is 6.17. The molecule has 7 heteroatoms. The molecule has 0 aromatic heterocycles. The highest BCUT2D eigenvalue weighted by molar-refractivity contribution is 5.98. The first kappa shape index (κ1) is 20.2. The maximum Gasteiger partial charge on any atom is 0.244 e. The number of nitrogens with one attached hydrogen (secondary N) is 1. The van der Waals surface area contributed by atoms with Crippen molar-refractivity contribution in [1.29, 1.82) is 0 Å². The van der Waals surface area contributed by atoms with E-state index in [2.05, 4.69) is 5.32 Å². The van der Waals surface area contributed by atoms with Crippen LogP contribution in [-0.4, -0.2) is 24.7 Å². The van der Waals surface area contributed by atoms with E-state index in [0.717, 1.165) is 5.56 Å². The van der Waals surface area contributed by atoms with Crippen molar-refractivity contribution in [1.82, 2.24) is 0 Å². The van der Waals surface area contributed by atoms with Crippen molar-refractivity contribution >= 4 is 24.0 Å². The van der Waals surface area contributed by atoms with Gasteiger partial charge in [0.25, 0.3) is 0 Å². The number of hydrogen-bond donors (Lipinski definition) is 2. The van der Waals surface area contributed by atoms with Gasteiger partial charge in [0.2, 0.25) is 5.91 Å². The van der Waals surface area contributed by atoms with E-state index in [0.29, 0.717) is 37.5 Å². The van der Waals surface area contributed by atoms with E-state index in [9.17, 15) is 9.18 Å². The van der Waals surface area contributed by atoms with Gasteiger partial charge in [-0.25, -0.2) is 4.39 Å². The zero-order chi connectivity index (χ0) is 17.7. The molecule has 3 rings (SSSR count). The standard InChI is InChI=1S/C19H21FN2O3.ClH/c20-15-4-1-3-14(11-15)13-25-17-6-2-5-16(12-17)22-18(23)19(21)7-9-24-10-8-19;/h1-6,11-12H,7-10,13,21H2,(H,22,23);1H. The molecule has 0 spiro atoms. The molecule has 0 aliphatic carbocycles. The van der Waals surface area contributed by atoms with Crippen LogP contribution < -0.4 is 15.8 Å². The summed E-state index contributed by atoms with van der Waals surface area (Å²) in [5.41, 5.74) is 6.62. The fourth-order valence-electron chi connectivity index (χ4n) is 2.68. The molecular weight excluding hydrogens is 359 g/mol. The van der Waals surface area contributed by atoms with Crippen LogP contribution >= 0.6 is 12.4 Å². The Morgan fingerprint density at radius 1 is 1.19 bits per heavy atom. The van der Waals surface area contributed by atoms with Crippen molar-refractivity contribution in [2.75, 3.05) is 18.5 Å². The first-order chi connectivity index (χ1) is 12.0. The number of rotatable bonds is 5. The minimum Gasteiger partial charge on any atom is -0.489 e. The van der Waals surface area contributed by atoms with E-state index in [-0.39, 0.29) is 30.7 Å². The maximum absolute atomic E-state index is 13.2. The van der Waals surface area contributed by atoms with Gasteiger partial charge in [-0.1, -0.05) is 18.2 Å². The Morgan fingerprint density at radius 2 is 1.92 bits per heavy atom. The van der Waals surface area contributed by atoms with Crippen molar-refractivity contribution in [2.24, 2.45) is 5.73 Å². The molecule has 0 bridgehead atoms. The molecule has 0 saturated carbocycles. The fourth-order valence-corrected chi connectivity index (χ4v) is 2.68. The number of ether oxygens (including phenoxy) is 2. The van der Waals surface area contributed by atoms with E-state index < -0.39 is 5.54 Å². The van der Waals surface area contributed by atoms with Gasteiger partial charge in [0, 0.05) is 25.0 Å². The number of hydrogen-bond acceptors (Lipinski definition) is 4. The molecule has 0 atom stereocenters. The third kappa shape index (κ3) is 5.17. The first-order valence-corrected chi connectivity index (χ1v) is 8.21. The molecule has 0 unspecified atom stereocenters. The molecule has 1 heterocycles. The van der Waals surface area contributed by atoms with Crippen LogP contribution in [-0.2, 0) is 16.1 Å². The number of amides is 1. The van der Waals surface area contributed by atoms with Gasteiger partial charge in [0.1, 0.15) is 23.7 Å². The third-order valence-electron chi connectivity index (χ3n) is 4.22. The molecule has 1 fully saturated rings. The fraction of sp³-hybridized carbons (Fsp3) is 0.316. The van der Waals surface area contributed by atoms with Gasteiger partial charge in [-0.15, -0.1) is 12.4 Å². The Morgan fingerprint density at radius 3 is 2.65 bits per heavy atom. The van der Waals surface area contributed by atoms with Crippen molar-refractivity contribution in [3.8, 4) is 5.75 Å². The second kappa shape index (κ2) is 8.98.